The molecule has 3 rings (SSSR count). The predicted molar refractivity (Wildman–Crippen MR) is 56.1 cm³/mol. The van der Waals surface area contributed by atoms with E-state index in [4.69, 9.17) is 14.7 Å². The van der Waals surface area contributed by atoms with Gasteiger partial charge < -0.3 is 14.7 Å². The third kappa shape index (κ3) is 1.25. The van der Waals surface area contributed by atoms with Gasteiger partial charge in [0.2, 0.25) is 5.76 Å². The van der Waals surface area contributed by atoms with Crippen molar-refractivity contribution in [2.45, 2.75) is 0 Å². The van der Waals surface area contributed by atoms with Gasteiger partial charge in [-0.05, 0) is 24.3 Å². The lowest BCUT2D eigenvalue weighted by atomic mass is 10.2. The Kier molecular flexibility index (Phi) is 1.73. The van der Waals surface area contributed by atoms with E-state index in [1.807, 2.05) is 0 Å². The average Bonchev–Trinajstić information content (AvgIpc) is 2.82. The highest BCUT2D eigenvalue weighted by atomic mass is 19.1. The fourth-order valence-electron chi connectivity index (χ4n) is 1.56. The summed E-state index contributed by atoms with van der Waals surface area (Å²) in [5.74, 6) is 0.484. The van der Waals surface area contributed by atoms with E-state index in [0.29, 0.717) is 28.2 Å². The van der Waals surface area contributed by atoms with Crippen molar-refractivity contribution >= 4 is 16.7 Å². The molecule has 16 heavy (non-hydrogen) atoms. The highest BCUT2D eigenvalue weighted by Crippen LogP contribution is 2.31. The van der Waals surface area contributed by atoms with Gasteiger partial charge >= 0.3 is 0 Å². The summed E-state index contributed by atoms with van der Waals surface area (Å²) < 4.78 is 23.4. The minimum Gasteiger partial charge on any atom is -0.453 e. The summed E-state index contributed by atoms with van der Waals surface area (Å²) in [7, 11) is 0. The predicted octanol–water partition coefficient (Wildman–Crippen LogP) is 2.81. The Balaban J connectivity index is 2.23. The zero-order valence-electron chi connectivity index (χ0n) is 8.11. The lowest BCUT2D eigenvalue weighted by Crippen LogP contribution is -1.82. The van der Waals surface area contributed by atoms with E-state index in [2.05, 4.69) is 5.16 Å². The lowest BCUT2D eigenvalue weighted by molar-refractivity contribution is 0.421. The summed E-state index contributed by atoms with van der Waals surface area (Å²) in [6, 6.07) is 5.93. The fraction of sp³-hybridized carbons (Fsp3) is 0. The molecule has 5 heteroatoms. The number of nitrogen functional groups attached to an aromatic ring is 1. The normalized spacial score (nSPS) is 11.1. The van der Waals surface area contributed by atoms with Crippen LogP contribution in [0.4, 0.5) is 10.1 Å². The first kappa shape index (κ1) is 8.96. The molecule has 0 aliphatic rings. The zero-order chi connectivity index (χ0) is 11.1. The fourth-order valence-corrected chi connectivity index (χ4v) is 1.56. The Morgan fingerprint density at radius 2 is 2.12 bits per heavy atom. The quantitative estimate of drug-likeness (QED) is 0.682. The van der Waals surface area contributed by atoms with Crippen LogP contribution >= 0.6 is 0 Å². The molecule has 0 aliphatic carbocycles. The van der Waals surface area contributed by atoms with Crippen LogP contribution in [0, 0.1) is 5.82 Å². The molecule has 0 radical (unpaired) electrons. The van der Waals surface area contributed by atoms with E-state index in [1.165, 1.54) is 18.3 Å². The molecule has 4 nitrogen and oxygen atoms in total. The van der Waals surface area contributed by atoms with E-state index in [9.17, 15) is 4.39 Å². The summed E-state index contributed by atoms with van der Waals surface area (Å²) in [5, 5.41) is 4.21. The molecule has 0 atom stereocenters. The van der Waals surface area contributed by atoms with Crippen molar-refractivity contribution in [3.05, 3.63) is 36.3 Å². The minimum atomic E-state index is -0.314. The number of benzene rings is 1. The van der Waals surface area contributed by atoms with Crippen LogP contribution in [-0.4, -0.2) is 5.16 Å². The highest BCUT2D eigenvalue weighted by molar-refractivity contribution is 5.83. The van der Waals surface area contributed by atoms with Crippen LogP contribution in [0.2, 0.25) is 0 Å². The number of nitrogens with zero attached hydrogens (tertiary/aromatic N) is 1. The van der Waals surface area contributed by atoms with Crippen molar-refractivity contribution in [1.82, 2.24) is 5.16 Å². The Hall–Kier alpha value is -2.30. The van der Waals surface area contributed by atoms with Crippen molar-refractivity contribution in [2.75, 3.05) is 5.73 Å². The zero-order valence-corrected chi connectivity index (χ0v) is 8.11. The molecule has 1 aromatic carbocycles. The lowest BCUT2D eigenvalue weighted by Gasteiger charge is -1.89. The standard InChI is InChI=1S/C11H7FN2O2/c12-7-1-2-9-6(3-7)4-10(15-9)11-8(13)5-14-16-11/h1-5H,13H2. The van der Waals surface area contributed by atoms with Gasteiger partial charge in [0, 0.05) is 5.39 Å². The van der Waals surface area contributed by atoms with Crippen molar-refractivity contribution in [3.63, 3.8) is 0 Å². The first-order chi connectivity index (χ1) is 7.74. The average molecular weight is 218 g/mol. The monoisotopic (exact) mass is 218 g/mol. The summed E-state index contributed by atoms with van der Waals surface area (Å²) in [6.07, 6.45) is 1.39. The molecule has 0 saturated carbocycles. The van der Waals surface area contributed by atoms with Crippen LogP contribution in [0.1, 0.15) is 0 Å². The number of anilines is 1. The second-order valence-corrected chi connectivity index (χ2v) is 3.40. The van der Waals surface area contributed by atoms with Crippen LogP contribution in [-0.2, 0) is 0 Å². The van der Waals surface area contributed by atoms with E-state index < -0.39 is 0 Å². The van der Waals surface area contributed by atoms with Crippen LogP contribution in [0.3, 0.4) is 0 Å². The molecule has 2 aromatic heterocycles. The topological polar surface area (TPSA) is 65.2 Å². The Bertz CT molecular complexity index is 657. The van der Waals surface area contributed by atoms with Crippen molar-refractivity contribution < 1.29 is 13.3 Å². The molecule has 0 unspecified atom stereocenters. The summed E-state index contributed by atoms with van der Waals surface area (Å²) >= 11 is 0. The molecule has 3 aromatic rings. The molecular weight excluding hydrogens is 211 g/mol. The number of fused-ring (bicyclic) bond motifs is 1. The van der Waals surface area contributed by atoms with Crippen molar-refractivity contribution in [3.8, 4) is 11.5 Å². The second-order valence-electron chi connectivity index (χ2n) is 3.40. The summed E-state index contributed by atoms with van der Waals surface area (Å²) in [5.41, 5.74) is 6.60. The number of hydrogen-bond donors (Lipinski definition) is 1. The van der Waals surface area contributed by atoms with Gasteiger partial charge in [-0.1, -0.05) is 5.16 Å². The highest BCUT2D eigenvalue weighted by Gasteiger charge is 2.13. The van der Waals surface area contributed by atoms with Crippen molar-refractivity contribution in [2.24, 2.45) is 0 Å². The molecule has 2 N–H and O–H groups in total. The SMILES string of the molecule is Nc1cnoc1-c1cc2cc(F)ccc2o1. The van der Waals surface area contributed by atoms with Gasteiger partial charge in [0.25, 0.3) is 0 Å². The molecule has 0 saturated heterocycles. The first-order valence-electron chi connectivity index (χ1n) is 4.63. The van der Waals surface area contributed by atoms with Crippen molar-refractivity contribution in [1.29, 1.82) is 0 Å². The number of furan rings is 1. The summed E-state index contributed by atoms with van der Waals surface area (Å²) in [4.78, 5) is 0. The first-order valence-corrected chi connectivity index (χ1v) is 4.63. The smallest absolute Gasteiger partial charge is 0.224 e. The van der Waals surface area contributed by atoms with Gasteiger partial charge in [-0.25, -0.2) is 4.39 Å². The third-order valence-electron chi connectivity index (χ3n) is 2.30. The van der Waals surface area contributed by atoms with E-state index >= 15 is 0 Å². The molecule has 0 spiro atoms. The maximum Gasteiger partial charge on any atom is 0.224 e. The molecule has 2 heterocycles. The van der Waals surface area contributed by atoms with Crippen LogP contribution in [0.5, 0.6) is 0 Å². The minimum absolute atomic E-state index is 0.314. The third-order valence-corrected chi connectivity index (χ3v) is 2.30. The maximum absolute atomic E-state index is 13.0. The molecule has 0 fully saturated rings. The van der Waals surface area contributed by atoms with Crippen LogP contribution in [0.15, 0.2) is 39.4 Å². The number of nitrogens with two attached hydrogens (primary N) is 1. The van der Waals surface area contributed by atoms with E-state index in [1.54, 1.807) is 12.1 Å². The van der Waals surface area contributed by atoms with E-state index in [0.717, 1.165) is 0 Å². The number of aromatic nitrogens is 1. The number of halogens is 1. The van der Waals surface area contributed by atoms with Gasteiger partial charge in [0.15, 0.2) is 5.76 Å². The van der Waals surface area contributed by atoms with Gasteiger partial charge in [0.1, 0.15) is 17.1 Å². The van der Waals surface area contributed by atoms with Gasteiger partial charge in [0.05, 0.1) is 6.20 Å². The van der Waals surface area contributed by atoms with E-state index in [-0.39, 0.29) is 5.82 Å². The van der Waals surface area contributed by atoms with Gasteiger partial charge in [-0.2, -0.15) is 0 Å². The van der Waals surface area contributed by atoms with Crippen LogP contribution < -0.4 is 5.73 Å². The number of hydrogen-bond acceptors (Lipinski definition) is 4. The Morgan fingerprint density at radius 1 is 1.25 bits per heavy atom. The Labute approximate surface area is 89.4 Å². The molecular formula is C11H7FN2O2. The van der Waals surface area contributed by atoms with Gasteiger partial charge in [-0.3, -0.25) is 0 Å². The second kappa shape index (κ2) is 3.10. The molecule has 0 amide bonds. The van der Waals surface area contributed by atoms with Crippen LogP contribution in [0.25, 0.3) is 22.5 Å². The Morgan fingerprint density at radius 3 is 2.88 bits per heavy atom. The molecule has 0 bridgehead atoms. The number of rotatable bonds is 1. The summed E-state index contributed by atoms with van der Waals surface area (Å²) in [6.45, 7) is 0. The molecule has 80 valence electrons. The largest absolute Gasteiger partial charge is 0.453 e. The van der Waals surface area contributed by atoms with Gasteiger partial charge in [-0.15, -0.1) is 0 Å². The molecule has 0 aliphatic heterocycles. The maximum atomic E-state index is 13.0.